The summed E-state index contributed by atoms with van der Waals surface area (Å²) in [6.45, 7) is 2.77. The van der Waals surface area contributed by atoms with Crippen molar-refractivity contribution in [3.8, 4) is 0 Å². The van der Waals surface area contributed by atoms with Gasteiger partial charge in [0.15, 0.2) is 5.78 Å². The van der Waals surface area contributed by atoms with Crippen LogP contribution in [0.5, 0.6) is 0 Å². The molecule has 0 atom stereocenters. The monoisotopic (exact) mass is 282 g/mol. The van der Waals surface area contributed by atoms with Gasteiger partial charge in [-0.1, -0.05) is 24.3 Å². The number of nitrogens with zero attached hydrogens (tertiary/aromatic N) is 2. The van der Waals surface area contributed by atoms with Crippen LogP contribution in [0.3, 0.4) is 0 Å². The summed E-state index contributed by atoms with van der Waals surface area (Å²) < 4.78 is 15.7. The molecule has 0 bridgehead atoms. The number of aromatic nitrogens is 2. The molecular weight excluding hydrogens is 267 g/mol. The van der Waals surface area contributed by atoms with Crippen LogP contribution in [0.4, 0.5) is 4.39 Å². The second-order valence-electron chi connectivity index (χ2n) is 4.87. The van der Waals surface area contributed by atoms with Crippen molar-refractivity contribution in [1.82, 2.24) is 9.55 Å². The topological polar surface area (TPSA) is 34.9 Å². The fraction of sp³-hybridized carbons (Fsp3) is 0.176. The van der Waals surface area contributed by atoms with E-state index in [2.05, 4.69) is 4.98 Å². The number of imidazole rings is 1. The van der Waals surface area contributed by atoms with E-state index in [1.165, 1.54) is 6.07 Å². The maximum absolute atomic E-state index is 13.8. The average Bonchev–Trinajstić information content (AvgIpc) is 2.95. The minimum absolute atomic E-state index is 0.0490. The molecule has 3 nitrogen and oxygen atoms in total. The standard InChI is InChI=1S/C17H15FN2O/c1-2-20-10-9-19-17(20)11-16(21)14-7-8-15(18)13-6-4-3-5-12(13)14/h3-10H,2,11H2,1H3. The summed E-state index contributed by atoms with van der Waals surface area (Å²) in [4.78, 5) is 16.7. The van der Waals surface area contributed by atoms with E-state index in [0.29, 0.717) is 16.3 Å². The Labute approximate surface area is 122 Å². The molecule has 0 aliphatic carbocycles. The van der Waals surface area contributed by atoms with E-state index in [-0.39, 0.29) is 18.0 Å². The van der Waals surface area contributed by atoms with Gasteiger partial charge in [-0.05, 0) is 24.4 Å². The van der Waals surface area contributed by atoms with Gasteiger partial charge in [0, 0.05) is 29.9 Å². The van der Waals surface area contributed by atoms with Gasteiger partial charge in [-0.15, -0.1) is 0 Å². The summed E-state index contributed by atoms with van der Waals surface area (Å²) in [5, 5.41) is 1.12. The summed E-state index contributed by atoms with van der Waals surface area (Å²) in [6.07, 6.45) is 3.76. The molecule has 2 aromatic carbocycles. The molecule has 1 aromatic heterocycles. The molecule has 21 heavy (non-hydrogen) atoms. The third-order valence-corrected chi connectivity index (χ3v) is 3.63. The van der Waals surface area contributed by atoms with Crippen LogP contribution >= 0.6 is 0 Å². The van der Waals surface area contributed by atoms with Crippen LogP contribution in [0.2, 0.25) is 0 Å². The molecule has 0 saturated carbocycles. The van der Waals surface area contributed by atoms with Crippen LogP contribution in [-0.2, 0) is 13.0 Å². The number of aryl methyl sites for hydroxylation is 1. The SMILES string of the molecule is CCn1ccnc1CC(=O)c1ccc(F)c2ccccc12. The number of carbonyl (C=O) groups is 1. The maximum atomic E-state index is 13.8. The largest absolute Gasteiger partial charge is 0.335 e. The Hall–Kier alpha value is -2.49. The lowest BCUT2D eigenvalue weighted by Crippen LogP contribution is -2.10. The quantitative estimate of drug-likeness (QED) is 0.685. The number of Topliss-reactive ketones (excluding diaryl/α,β-unsaturated/α-hetero) is 1. The highest BCUT2D eigenvalue weighted by Gasteiger charge is 2.15. The lowest BCUT2D eigenvalue weighted by Gasteiger charge is -2.08. The Morgan fingerprint density at radius 2 is 1.95 bits per heavy atom. The van der Waals surface area contributed by atoms with Gasteiger partial charge in [-0.3, -0.25) is 4.79 Å². The molecule has 3 aromatic rings. The summed E-state index contributed by atoms with van der Waals surface area (Å²) in [6, 6.07) is 9.95. The van der Waals surface area contributed by atoms with E-state index >= 15 is 0 Å². The number of carbonyl (C=O) groups excluding carboxylic acids is 1. The van der Waals surface area contributed by atoms with E-state index in [0.717, 1.165) is 12.4 Å². The zero-order valence-electron chi connectivity index (χ0n) is 11.7. The summed E-state index contributed by atoms with van der Waals surface area (Å²) in [5.41, 5.74) is 0.539. The molecule has 0 N–H and O–H groups in total. The van der Waals surface area contributed by atoms with Crippen LogP contribution in [0.25, 0.3) is 10.8 Å². The minimum Gasteiger partial charge on any atom is -0.335 e. The van der Waals surface area contributed by atoms with Crippen LogP contribution in [-0.4, -0.2) is 15.3 Å². The minimum atomic E-state index is -0.308. The van der Waals surface area contributed by atoms with E-state index < -0.39 is 0 Å². The van der Waals surface area contributed by atoms with Gasteiger partial charge >= 0.3 is 0 Å². The van der Waals surface area contributed by atoms with Gasteiger partial charge in [0.25, 0.3) is 0 Å². The normalized spacial score (nSPS) is 11.0. The first-order valence-corrected chi connectivity index (χ1v) is 6.91. The smallest absolute Gasteiger partial charge is 0.171 e. The van der Waals surface area contributed by atoms with E-state index in [1.54, 1.807) is 30.5 Å². The highest BCUT2D eigenvalue weighted by molar-refractivity contribution is 6.08. The highest BCUT2D eigenvalue weighted by atomic mass is 19.1. The zero-order chi connectivity index (χ0) is 14.8. The van der Waals surface area contributed by atoms with Crippen LogP contribution in [0, 0.1) is 5.82 Å². The first kappa shape index (κ1) is 13.5. The van der Waals surface area contributed by atoms with Crippen molar-refractivity contribution in [3.05, 3.63) is 66.0 Å². The fourth-order valence-electron chi connectivity index (χ4n) is 2.54. The van der Waals surface area contributed by atoms with Crippen LogP contribution in [0.1, 0.15) is 23.1 Å². The van der Waals surface area contributed by atoms with Gasteiger partial charge in [-0.2, -0.15) is 0 Å². The van der Waals surface area contributed by atoms with E-state index in [4.69, 9.17) is 0 Å². The number of halogens is 1. The van der Waals surface area contributed by atoms with Gasteiger partial charge in [0.2, 0.25) is 0 Å². The Morgan fingerprint density at radius 3 is 2.71 bits per heavy atom. The van der Waals surface area contributed by atoms with Crippen molar-refractivity contribution in [1.29, 1.82) is 0 Å². The van der Waals surface area contributed by atoms with Crippen molar-refractivity contribution in [3.63, 3.8) is 0 Å². The summed E-state index contributed by atoms with van der Waals surface area (Å²) >= 11 is 0. The number of hydrogen-bond acceptors (Lipinski definition) is 2. The van der Waals surface area contributed by atoms with Crippen molar-refractivity contribution in [2.24, 2.45) is 0 Å². The number of benzene rings is 2. The second-order valence-corrected chi connectivity index (χ2v) is 4.87. The van der Waals surface area contributed by atoms with Gasteiger partial charge in [0.05, 0.1) is 6.42 Å². The van der Waals surface area contributed by atoms with Crippen molar-refractivity contribution >= 4 is 16.6 Å². The number of rotatable bonds is 4. The number of ketones is 1. The molecule has 0 spiro atoms. The third-order valence-electron chi connectivity index (χ3n) is 3.63. The molecule has 1 heterocycles. The van der Waals surface area contributed by atoms with Gasteiger partial charge < -0.3 is 4.57 Å². The van der Waals surface area contributed by atoms with Gasteiger partial charge in [-0.25, -0.2) is 9.37 Å². The zero-order valence-corrected chi connectivity index (χ0v) is 11.7. The number of fused-ring (bicyclic) bond motifs is 1. The van der Waals surface area contributed by atoms with Crippen LogP contribution < -0.4 is 0 Å². The Morgan fingerprint density at radius 1 is 1.19 bits per heavy atom. The van der Waals surface area contributed by atoms with Crippen LogP contribution in [0.15, 0.2) is 48.8 Å². The Bertz CT molecular complexity index is 807. The lowest BCUT2D eigenvalue weighted by molar-refractivity contribution is 0.0991. The Kier molecular flexibility index (Phi) is 3.52. The molecule has 0 amide bonds. The molecule has 3 rings (SSSR count). The molecule has 106 valence electrons. The average molecular weight is 282 g/mol. The van der Waals surface area contributed by atoms with E-state index in [9.17, 15) is 9.18 Å². The molecular formula is C17H15FN2O. The van der Waals surface area contributed by atoms with E-state index in [1.807, 2.05) is 23.8 Å². The maximum Gasteiger partial charge on any atom is 0.171 e. The predicted molar refractivity (Wildman–Crippen MR) is 79.8 cm³/mol. The molecule has 0 unspecified atom stereocenters. The molecule has 0 radical (unpaired) electrons. The first-order valence-electron chi connectivity index (χ1n) is 6.91. The highest BCUT2D eigenvalue weighted by Crippen LogP contribution is 2.23. The summed E-state index contributed by atoms with van der Waals surface area (Å²) in [7, 11) is 0. The van der Waals surface area contributed by atoms with Crippen molar-refractivity contribution in [2.45, 2.75) is 19.9 Å². The molecule has 4 heteroatoms. The lowest BCUT2D eigenvalue weighted by atomic mass is 9.99. The first-order chi connectivity index (χ1) is 10.2. The predicted octanol–water partition coefficient (Wildman–Crippen LogP) is 3.62. The second kappa shape index (κ2) is 5.48. The van der Waals surface area contributed by atoms with Crippen molar-refractivity contribution < 1.29 is 9.18 Å². The molecule has 0 aliphatic heterocycles. The Balaban J connectivity index is 2.01. The van der Waals surface area contributed by atoms with Gasteiger partial charge in [0.1, 0.15) is 11.6 Å². The fourth-order valence-corrected chi connectivity index (χ4v) is 2.54. The van der Waals surface area contributed by atoms with Crippen molar-refractivity contribution in [2.75, 3.05) is 0 Å². The molecule has 0 fully saturated rings. The third kappa shape index (κ3) is 2.44. The molecule has 0 saturated heterocycles. The number of hydrogen-bond donors (Lipinski definition) is 0. The molecule has 0 aliphatic rings. The summed E-state index contributed by atoms with van der Waals surface area (Å²) in [5.74, 6) is 0.375.